The summed E-state index contributed by atoms with van der Waals surface area (Å²) in [6.07, 6.45) is 3.53. The summed E-state index contributed by atoms with van der Waals surface area (Å²) in [5, 5.41) is 10.5. The second-order valence-electron chi connectivity index (χ2n) is 6.55. The van der Waals surface area contributed by atoms with Gasteiger partial charge >= 0.3 is 0 Å². The first-order chi connectivity index (χ1) is 12.3. The highest BCUT2D eigenvalue weighted by molar-refractivity contribution is 7.89. The molecule has 2 atom stereocenters. The standard InChI is InChI=1S/C17H20N4O4S/c1-21(2)26(24,25)14-6-3-11(4-7-14)17(23)18-13-5-8-15-12(9-13)10-16(22)20-19-15/h3-4,6-7,10,13,15H,5,8-9H2,1-2H3,(H,18,23). The predicted octanol–water partition coefficient (Wildman–Crippen LogP) is 1.51. The lowest BCUT2D eigenvalue weighted by Crippen LogP contribution is -2.39. The van der Waals surface area contributed by atoms with Crippen LogP contribution in [0.4, 0.5) is 0 Å². The summed E-state index contributed by atoms with van der Waals surface area (Å²) >= 11 is 0. The number of rotatable bonds is 4. The van der Waals surface area contributed by atoms with Crippen LogP contribution in [0.5, 0.6) is 0 Å². The molecule has 9 heteroatoms. The van der Waals surface area contributed by atoms with Crippen molar-refractivity contribution >= 4 is 21.8 Å². The summed E-state index contributed by atoms with van der Waals surface area (Å²) in [6.45, 7) is 0. The van der Waals surface area contributed by atoms with E-state index in [0.29, 0.717) is 12.0 Å². The molecule has 138 valence electrons. The van der Waals surface area contributed by atoms with Gasteiger partial charge in [-0.05, 0) is 49.1 Å². The fourth-order valence-electron chi connectivity index (χ4n) is 3.05. The fraction of sp³-hybridized carbons (Fsp3) is 0.412. The van der Waals surface area contributed by atoms with E-state index in [-0.39, 0.29) is 28.8 Å². The summed E-state index contributed by atoms with van der Waals surface area (Å²) < 4.78 is 25.3. The minimum absolute atomic E-state index is 0.0589. The monoisotopic (exact) mass is 376 g/mol. The first kappa shape index (κ1) is 18.4. The lowest BCUT2D eigenvalue weighted by atomic mass is 9.86. The molecule has 2 amide bonds. The van der Waals surface area contributed by atoms with Gasteiger partial charge < -0.3 is 5.32 Å². The maximum Gasteiger partial charge on any atom is 0.287 e. The number of carbonyl (C=O) groups excluding carboxylic acids is 2. The molecule has 0 saturated heterocycles. The molecule has 1 aliphatic heterocycles. The molecule has 0 aromatic heterocycles. The van der Waals surface area contributed by atoms with E-state index in [4.69, 9.17) is 0 Å². The number of hydrogen-bond acceptors (Lipinski definition) is 5. The van der Waals surface area contributed by atoms with Gasteiger partial charge in [0.1, 0.15) is 0 Å². The lowest BCUT2D eigenvalue weighted by molar-refractivity contribution is -0.114. The Kier molecular flexibility index (Phi) is 5.01. The molecule has 0 radical (unpaired) electrons. The molecule has 0 bridgehead atoms. The molecular weight excluding hydrogens is 356 g/mol. The van der Waals surface area contributed by atoms with Gasteiger partial charge in [0, 0.05) is 31.8 Å². The third-order valence-corrected chi connectivity index (χ3v) is 6.36. The summed E-state index contributed by atoms with van der Waals surface area (Å²) in [7, 11) is -0.612. The van der Waals surface area contributed by atoms with E-state index in [1.54, 1.807) is 0 Å². The van der Waals surface area contributed by atoms with Gasteiger partial charge in [0.15, 0.2) is 0 Å². The minimum Gasteiger partial charge on any atom is -0.349 e. The fourth-order valence-corrected chi connectivity index (χ4v) is 3.95. The van der Waals surface area contributed by atoms with Crippen LogP contribution in [0.2, 0.25) is 0 Å². The Balaban J connectivity index is 1.66. The molecule has 26 heavy (non-hydrogen) atoms. The maximum absolute atomic E-state index is 12.4. The summed E-state index contributed by atoms with van der Waals surface area (Å²) in [5.74, 6) is -0.632. The normalized spacial score (nSPS) is 22.7. The number of nitrogens with zero attached hydrogens (tertiary/aromatic N) is 3. The first-order valence-electron chi connectivity index (χ1n) is 8.26. The Hall–Kier alpha value is -2.39. The number of nitrogens with one attached hydrogen (secondary N) is 1. The summed E-state index contributed by atoms with van der Waals surface area (Å²) in [6, 6.07) is 5.69. The highest BCUT2D eigenvalue weighted by atomic mass is 32.2. The third kappa shape index (κ3) is 3.73. The van der Waals surface area contributed by atoms with Crippen LogP contribution >= 0.6 is 0 Å². The van der Waals surface area contributed by atoms with Gasteiger partial charge in [0.25, 0.3) is 11.8 Å². The molecule has 1 aromatic rings. The van der Waals surface area contributed by atoms with Crippen LogP contribution in [0, 0.1) is 0 Å². The van der Waals surface area contributed by atoms with E-state index in [9.17, 15) is 18.0 Å². The molecule has 1 aliphatic carbocycles. The second-order valence-corrected chi connectivity index (χ2v) is 8.70. The van der Waals surface area contributed by atoms with Crippen molar-refractivity contribution in [2.45, 2.75) is 36.2 Å². The third-order valence-electron chi connectivity index (χ3n) is 4.53. The largest absolute Gasteiger partial charge is 0.349 e. The van der Waals surface area contributed by atoms with E-state index in [1.165, 1.54) is 44.4 Å². The van der Waals surface area contributed by atoms with Crippen LogP contribution in [0.3, 0.4) is 0 Å². The van der Waals surface area contributed by atoms with Gasteiger partial charge in [-0.1, -0.05) is 0 Å². The zero-order valence-corrected chi connectivity index (χ0v) is 15.4. The quantitative estimate of drug-likeness (QED) is 0.859. The van der Waals surface area contributed by atoms with Crippen molar-refractivity contribution in [3.8, 4) is 0 Å². The zero-order valence-electron chi connectivity index (χ0n) is 14.5. The molecule has 0 spiro atoms. The Morgan fingerprint density at radius 1 is 1.19 bits per heavy atom. The number of benzene rings is 1. The SMILES string of the molecule is CN(C)S(=O)(=O)c1ccc(C(=O)NC2CCC3N=NC(=O)C=C3C2)cc1. The average molecular weight is 376 g/mol. The summed E-state index contributed by atoms with van der Waals surface area (Å²) in [4.78, 5) is 23.9. The van der Waals surface area contributed by atoms with Crippen molar-refractivity contribution in [1.29, 1.82) is 0 Å². The van der Waals surface area contributed by atoms with Crippen LogP contribution in [0.15, 0.2) is 51.0 Å². The highest BCUT2D eigenvalue weighted by Gasteiger charge is 2.29. The van der Waals surface area contributed by atoms with Gasteiger partial charge in [0.2, 0.25) is 10.0 Å². The Labute approximate surface area is 152 Å². The molecule has 1 N–H and O–H groups in total. The molecular formula is C17H20N4O4S. The van der Waals surface area contributed by atoms with Crippen LogP contribution < -0.4 is 5.32 Å². The number of azo groups is 1. The Bertz CT molecular complexity index is 888. The second kappa shape index (κ2) is 7.08. The Morgan fingerprint density at radius 3 is 2.54 bits per heavy atom. The van der Waals surface area contributed by atoms with Gasteiger partial charge in [-0.25, -0.2) is 12.7 Å². The predicted molar refractivity (Wildman–Crippen MR) is 94.2 cm³/mol. The van der Waals surface area contributed by atoms with Crippen molar-refractivity contribution in [1.82, 2.24) is 9.62 Å². The van der Waals surface area contributed by atoms with Crippen molar-refractivity contribution < 1.29 is 18.0 Å². The van der Waals surface area contributed by atoms with Crippen molar-refractivity contribution in [2.75, 3.05) is 14.1 Å². The molecule has 3 rings (SSSR count). The van der Waals surface area contributed by atoms with E-state index in [2.05, 4.69) is 15.5 Å². The average Bonchev–Trinajstić information content (AvgIpc) is 2.61. The maximum atomic E-state index is 12.4. The van der Waals surface area contributed by atoms with Crippen molar-refractivity contribution in [2.24, 2.45) is 10.2 Å². The van der Waals surface area contributed by atoms with Crippen LogP contribution in [-0.4, -0.2) is 50.7 Å². The van der Waals surface area contributed by atoms with Gasteiger partial charge in [-0.15, -0.1) is 5.11 Å². The molecule has 2 aliphatic rings. The van der Waals surface area contributed by atoms with Crippen molar-refractivity contribution in [3.05, 3.63) is 41.5 Å². The molecule has 1 saturated carbocycles. The molecule has 1 aromatic carbocycles. The smallest absolute Gasteiger partial charge is 0.287 e. The van der Waals surface area contributed by atoms with E-state index < -0.39 is 10.0 Å². The van der Waals surface area contributed by atoms with Gasteiger partial charge in [-0.2, -0.15) is 5.11 Å². The van der Waals surface area contributed by atoms with Crippen LogP contribution in [-0.2, 0) is 14.8 Å². The molecule has 8 nitrogen and oxygen atoms in total. The highest BCUT2D eigenvalue weighted by Crippen LogP contribution is 2.29. The molecule has 1 heterocycles. The topological polar surface area (TPSA) is 108 Å². The number of carbonyl (C=O) groups is 2. The number of amides is 2. The van der Waals surface area contributed by atoms with E-state index >= 15 is 0 Å². The number of hydrogen-bond donors (Lipinski definition) is 1. The van der Waals surface area contributed by atoms with E-state index in [1.807, 2.05) is 0 Å². The van der Waals surface area contributed by atoms with Gasteiger partial charge in [0.05, 0.1) is 10.9 Å². The van der Waals surface area contributed by atoms with Gasteiger partial charge in [-0.3, -0.25) is 9.59 Å². The first-order valence-corrected chi connectivity index (χ1v) is 9.70. The lowest BCUT2D eigenvalue weighted by Gasteiger charge is -2.30. The van der Waals surface area contributed by atoms with Crippen molar-refractivity contribution in [3.63, 3.8) is 0 Å². The molecule has 2 unspecified atom stereocenters. The minimum atomic E-state index is -3.52. The number of fused-ring (bicyclic) bond motifs is 1. The van der Waals surface area contributed by atoms with Crippen LogP contribution in [0.25, 0.3) is 0 Å². The number of sulfonamides is 1. The molecule has 1 fully saturated rings. The van der Waals surface area contributed by atoms with E-state index in [0.717, 1.165) is 22.7 Å². The zero-order chi connectivity index (χ0) is 18.9. The Morgan fingerprint density at radius 2 is 1.88 bits per heavy atom. The van der Waals surface area contributed by atoms with Crippen LogP contribution in [0.1, 0.15) is 29.6 Å². The summed E-state index contributed by atoms with van der Waals surface area (Å²) in [5.41, 5.74) is 1.28.